The average molecular weight is 376 g/mol. The van der Waals surface area contributed by atoms with Gasteiger partial charge >= 0.3 is 0 Å². The molecule has 0 unspecified atom stereocenters. The molecular weight excluding hydrogens is 352 g/mol. The zero-order valence-electron chi connectivity index (χ0n) is 15.6. The number of benzene rings is 2. The van der Waals surface area contributed by atoms with E-state index in [2.05, 4.69) is 19.2 Å². The number of nitrogens with zero attached hydrogens (tertiary/aromatic N) is 1. The van der Waals surface area contributed by atoms with Crippen molar-refractivity contribution in [3.63, 3.8) is 0 Å². The predicted octanol–water partition coefficient (Wildman–Crippen LogP) is 3.55. The van der Waals surface area contributed by atoms with Crippen molar-refractivity contribution in [3.05, 3.63) is 59.2 Å². The number of hydrogen-bond acceptors (Lipinski definition) is 4. The number of aryl methyl sites for hydroxylation is 1. The molecule has 0 aliphatic heterocycles. The Hall–Kier alpha value is -2.22. The van der Waals surface area contributed by atoms with Gasteiger partial charge in [-0.3, -0.25) is 9.63 Å². The molecule has 26 heavy (non-hydrogen) atoms. The van der Waals surface area contributed by atoms with E-state index in [-0.39, 0.29) is 16.7 Å². The van der Waals surface area contributed by atoms with Gasteiger partial charge in [-0.2, -0.15) is 0 Å². The first-order valence-corrected chi connectivity index (χ1v) is 9.66. The maximum absolute atomic E-state index is 12.6. The Labute approximate surface area is 154 Å². The highest BCUT2D eigenvalue weighted by atomic mass is 32.2. The van der Waals surface area contributed by atoms with Gasteiger partial charge in [0.1, 0.15) is 0 Å². The lowest BCUT2D eigenvalue weighted by molar-refractivity contribution is -0.0258. The Morgan fingerprint density at radius 3 is 2.27 bits per heavy atom. The van der Waals surface area contributed by atoms with Crippen molar-refractivity contribution >= 4 is 21.6 Å². The van der Waals surface area contributed by atoms with Gasteiger partial charge in [-0.05, 0) is 48.2 Å². The molecule has 0 aliphatic rings. The highest BCUT2D eigenvalue weighted by Gasteiger charge is 2.21. The van der Waals surface area contributed by atoms with E-state index in [4.69, 9.17) is 4.84 Å². The third-order valence-electron chi connectivity index (χ3n) is 4.18. The molecule has 0 radical (unpaired) electrons. The number of hydroxylamine groups is 1. The van der Waals surface area contributed by atoms with Crippen LogP contribution in [0.15, 0.2) is 47.4 Å². The van der Waals surface area contributed by atoms with Crippen molar-refractivity contribution in [2.75, 3.05) is 19.5 Å². The van der Waals surface area contributed by atoms with Crippen LogP contribution in [0.2, 0.25) is 0 Å². The smallest absolute Gasteiger partial charge is 0.264 e. The number of carbonyl (C=O) groups excluding carboxylic acids is 1. The van der Waals surface area contributed by atoms with Crippen LogP contribution in [0.3, 0.4) is 0 Å². The number of anilines is 1. The fraction of sp³-hybridized carbons (Fsp3) is 0.316. The fourth-order valence-electron chi connectivity index (χ4n) is 2.55. The first kappa shape index (κ1) is 20.1. The van der Waals surface area contributed by atoms with Crippen LogP contribution in [0.5, 0.6) is 0 Å². The predicted molar refractivity (Wildman–Crippen MR) is 102 cm³/mol. The van der Waals surface area contributed by atoms with E-state index in [9.17, 15) is 13.2 Å². The van der Waals surface area contributed by atoms with Crippen LogP contribution in [0.4, 0.5) is 5.69 Å². The van der Waals surface area contributed by atoms with E-state index in [1.54, 1.807) is 0 Å². The van der Waals surface area contributed by atoms with Crippen molar-refractivity contribution < 1.29 is 18.0 Å². The van der Waals surface area contributed by atoms with E-state index in [1.807, 2.05) is 25.1 Å². The molecule has 0 bridgehead atoms. The van der Waals surface area contributed by atoms with Crippen LogP contribution in [0, 0.1) is 6.92 Å². The number of amides is 1. The molecule has 2 rings (SSSR count). The van der Waals surface area contributed by atoms with Crippen LogP contribution in [0.1, 0.15) is 41.3 Å². The molecule has 6 nitrogen and oxygen atoms in total. The van der Waals surface area contributed by atoms with Gasteiger partial charge in [-0.25, -0.2) is 8.42 Å². The number of rotatable bonds is 6. The highest BCUT2D eigenvalue weighted by molar-refractivity contribution is 7.89. The number of nitrogens with one attached hydrogen (secondary N) is 1. The van der Waals surface area contributed by atoms with Crippen molar-refractivity contribution in [1.82, 2.24) is 4.47 Å². The SMILES string of the molecule is CON(C)S(=O)(=O)c1ccc(C(=O)Nc2c(C)cccc2C(C)C)cc1. The molecule has 0 aliphatic carbocycles. The van der Waals surface area contributed by atoms with E-state index in [1.165, 1.54) is 38.4 Å². The zero-order chi connectivity index (χ0) is 19.5. The van der Waals surface area contributed by atoms with Crippen LogP contribution < -0.4 is 5.32 Å². The molecular formula is C19H24N2O4S. The Balaban J connectivity index is 2.28. The second kappa shape index (κ2) is 7.99. The van der Waals surface area contributed by atoms with Gasteiger partial charge in [-0.15, -0.1) is 0 Å². The van der Waals surface area contributed by atoms with Gasteiger partial charge in [0.2, 0.25) is 0 Å². The van der Waals surface area contributed by atoms with Gasteiger partial charge in [-0.1, -0.05) is 36.5 Å². The van der Waals surface area contributed by atoms with Crippen molar-refractivity contribution in [3.8, 4) is 0 Å². The van der Waals surface area contributed by atoms with Gasteiger partial charge in [0.05, 0.1) is 12.0 Å². The Kier molecular flexibility index (Phi) is 6.17. The molecule has 2 aromatic rings. The molecule has 0 atom stereocenters. The summed E-state index contributed by atoms with van der Waals surface area (Å²) < 4.78 is 25.2. The molecule has 0 spiro atoms. The molecule has 2 aromatic carbocycles. The summed E-state index contributed by atoms with van der Waals surface area (Å²) >= 11 is 0. The normalized spacial score (nSPS) is 11.8. The summed E-state index contributed by atoms with van der Waals surface area (Å²) in [5, 5.41) is 2.95. The van der Waals surface area contributed by atoms with Gasteiger partial charge in [0.15, 0.2) is 0 Å². The molecule has 0 fully saturated rings. The minimum Gasteiger partial charge on any atom is -0.321 e. The lowest BCUT2D eigenvalue weighted by Gasteiger charge is -2.17. The minimum absolute atomic E-state index is 0.0529. The molecule has 1 amide bonds. The third-order valence-corrected chi connectivity index (χ3v) is 5.87. The zero-order valence-corrected chi connectivity index (χ0v) is 16.4. The summed E-state index contributed by atoms with van der Waals surface area (Å²) in [5.74, 6) is -0.0208. The first-order valence-electron chi connectivity index (χ1n) is 8.22. The van der Waals surface area contributed by atoms with E-state index in [0.717, 1.165) is 21.3 Å². The Morgan fingerprint density at radius 2 is 1.73 bits per heavy atom. The van der Waals surface area contributed by atoms with E-state index in [0.29, 0.717) is 5.56 Å². The molecule has 1 N–H and O–H groups in total. The molecule has 0 heterocycles. The molecule has 7 heteroatoms. The van der Waals surface area contributed by atoms with Crippen LogP contribution in [-0.2, 0) is 14.9 Å². The van der Waals surface area contributed by atoms with Crippen molar-refractivity contribution in [2.24, 2.45) is 0 Å². The quantitative estimate of drug-likeness (QED) is 0.782. The molecule has 0 aromatic heterocycles. The minimum atomic E-state index is -3.74. The largest absolute Gasteiger partial charge is 0.321 e. The summed E-state index contributed by atoms with van der Waals surface area (Å²) in [6.07, 6.45) is 0. The van der Waals surface area contributed by atoms with Crippen LogP contribution >= 0.6 is 0 Å². The summed E-state index contributed by atoms with van der Waals surface area (Å²) in [7, 11) is -1.16. The lowest BCUT2D eigenvalue weighted by atomic mass is 9.98. The first-order chi connectivity index (χ1) is 12.2. The number of para-hydroxylation sites is 1. The summed E-state index contributed by atoms with van der Waals surface area (Å²) in [6.45, 7) is 6.07. The molecule has 140 valence electrons. The summed E-state index contributed by atoms with van der Waals surface area (Å²) in [6, 6.07) is 11.6. The highest BCUT2D eigenvalue weighted by Crippen LogP contribution is 2.28. The van der Waals surface area contributed by atoms with E-state index >= 15 is 0 Å². The molecule has 0 saturated carbocycles. The second-order valence-corrected chi connectivity index (χ2v) is 8.21. The standard InChI is InChI=1S/C19H24N2O4S/c1-13(2)17-8-6-7-14(3)18(17)20-19(22)15-9-11-16(12-10-15)26(23,24)21(4)25-5/h6-13H,1-5H3,(H,20,22). The van der Waals surface area contributed by atoms with Gasteiger partial charge < -0.3 is 5.32 Å². The van der Waals surface area contributed by atoms with Crippen LogP contribution in [-0.4, -0.2) is 33.0 Å². The summed E-state index contributed by atoms with van der Waals surface area (Å²) in [5.41, 5.74) is 3.20. The maximum atomic E-state index is 12.6. The van der Waals surface area contributed by atoms with Crippen molar-refractivity contribution in [2.45, 2.75) is 31.6 Å². The lowest BCUT2D eigenvalue weighted by Crippen LogP contribution is -2.25. The molecule has 0 saturated heterocycles. The number of hydrogen-bond donors (Lipinski definition) is 1. The second-order valence-electron chi connectivity index (χ2n) is 6.27. The average Bonchev–Trinajstić information content (AvgIpc) is 2.62. The number of carbonyl (C=O) groups is 1. The van der Waals surface area contributed by atoms with Crippen molar-refractivity contribution in [1.29, 1.82) is 0 Å². The Bertz CT molecular complexity index is 890. The fourth-order valence-corrected chi connectivity index (χ4v) is 3.53. The summed E-state index contributed by atoms with van der Waals surface area (Å²) in [4.78, 5) is 17.4. The third kappa shape index (κ3) is 4.12. The van der Waals surface area contributed by atoms with E-state index < -0.39 is 10.0 Å². The Morgan fingerprint density at radius 1 is 1.12 bits per heavy atom. The topological polar surface area (TPSA) is 75.7 Å². The maximum Gasteiger partial charge on any atom is 0.264 e. The van der Waals surface area contributed by atoms with Gasteiger partial charge in [0.25, 0.3) is 15.9 Å². The monoisotopic (exact) mass is 376 g/mol. The number of sulfonamides is 1. The van der Waals surface area contributed by atoms with Gasteiger partial charge in [0, 0.05) is 18.3 Å². The van der Waals surface area contributed by atoms with Crippen LogP contribution in [0.25, 0.3) is 0 Å².